The largest absolute Gasteiger partial charge is 0.391 e. The molecule has 0 saturated carbocycles. The van der Waals surface area contributed by atoms with E-state index in [1.165, 1.54) is 11.3 Å². The minimum absolute atomic E-state index is 0.0881. The topological polar surface area (TPSA) is 105 Å². The van der Waals surface area contributed by atoms with Gasteiger partial charge in [-0.25, -0.2) is 11.0 Å². The lowest BCUT2D eigenvalue weighted by atomic mass is 9.88. The number of carbonyl (C=O) groups excluding carboxylic acids is 2. The quantitative estimate of drug-likeness (QED) is 0.0884. The fourth-order valence-corrected chi connectivity index (χ4v) is 7.83. The molecule has 0 bridgehead atoms. The molecule has 8 nitrogen and oxygen atoms in total. The number of nitrogens with one attached hydrogen (secondary N) is 2. The van der Waals surface area contributed by atoms with Gasteiger partial charge in [0.2, 0.25) is 0 Å². The van der Waals surface area contributed by atoms with Crippen molar-refractivity contribution in [3.63, 3.8) is 0 Å². The van der Waals surface area contributed by atoms with Crippen LogP contribution in [0, 0.1) is 5.92 Å². The smallest absolute Gasteiger partial charge is 0.372 e. The molecule has 2 fully saturated rings. The number of hydrogen-bond donors (Lipinski definition) is 4. The lowest BCUT2D eigenvalue weighted by Gasteiger charge is -2.34. The van der Waals surface area contributed by atoms with E-state index in [-0.39, 0.29) is 12.8 Å². The van der Waals surface area contributed by atoms with Crippen molar-refractivity contribution < 1.29 is 33.2 Å². The fourth-order valence-electron chi connectivity index (χ4n) is 7.83. The number of benzene rings is 5. The Kier molecular flexibility index (Phi) is 13.4. The number of rotatable bonds is 9. The molecular weight excluding hydrogens is 718 g/mol. The van der Waals surface area contributed by atoms with Gasteiger partial charge in [-0.2, -0.15) is 13.2 Å². The van der Waals surface area contributed by atoms with Gasteiger partial charge in [0.15, 0.2) is 0 Å². The Morgan fingerprint density at radius 1 is 0.518 bits per heavy atom. The Labute approximate surface area is 325 Å². The normalized spacial score (nSPS) is 16.2. The third-order valence-electron chi connectivity index (χ3n) is 10.9. The molecule has 0 spiro atoms. The van der Waals surface area contributed by atoms with Crippen molar-refractivity contribution in [2.45, 2.75) is 49.6 Å². The SMILES string of the molecule is O=C(NO)C(c1ccccc1)c1ccc(N2CCC(C(F)(F)F)CC2)cc1.O=C(NO)C(c1ccccc1)c1ccc(N2CCC(c3ccccc3)CC2)cc1. The average molecular weight is 765 g/mol. The molecule has 2 aliphatic heterocycles. The van der Waals surface area contributed by atoms with Gasteiger partial charge in [-0.3, -0.25) is 20.0 Å². The van der Waals surface area contributed by atoms with E-state index < -0.39 is 35.7 Å². The average Bonchev–Trinajstić information content (AvgIpc) is 3.25. The van der Waals surface area contributed by atoms with Crippen LogP contribution in [0.2, 0.25) is 0 Å². The molecule has 0 aromatic heterocycles. The molecule has 5 aromatic carbocycles. The van der Waals surface area contributed by atoms with Crippen LogP contribution in [0.1, 0.15) is 71.3 Å². The number of piperidine rings is 2. The predicted molar refractivity (Wildman–Crippen MR) is 211 cm³/mol. The maximum absolute atomic E-state index is 12.8. The summed E-state index contributed by atoms with van der Waals surface area (Å²) in [6, 6.07) is 44.7. The first-order valence-corrected chi connectivity index (χ1v) is 19.0. The first-order valence-electron chi connectivity index (χ1n) is 19.0. The predicted octanol–water partition coefficient (Wildman–Crippen LogP) is 8.81. The van der Waals surface area contributed by atoms with E-state index in [9.17, 15) is 28.0 Å². The molecule has 2 unspecified atom stereocenters. The van der Waals surface area contributed by atoms with Gasteiger partial charge in [0.05, 0.1) is 17.8 Å². The number of nitrogens with zero attached hydrogens (tertiary/aromatic N) is 2. The first-order chi connectivity index (χ1) is 27.2. The van der Waals surface area contributed by atoms with Crippen LogP contribution in [0.15, 0.2) is 140 Å². The van der Waals surface area contributed by atoms with Crippen LogP contribution in [0.25, 0.3) is 0 Å². The third kappa shape index (κ3) is 9.96. The Bertz CT molecular complexity index is 1970. The molecule has 2 atom stereocenters. The van der Waals surface area contributed by atoms with Gasteiger partial charge in [0, 0.05) is 37.6 Å². The minimum Gasteiger partial charge on any atom is -0.372 e. The number of halogens is 3. The van der Waals surface area contributed by atoms with E-state index >= 15 is 0 Å². The first kappa shape index (κ1) is 40.0. The highest BCUT2D eigenvalue weighted by Crippen LogP contribution is 2.36. The molecule has 0 radical (unpaired) electrons. The van der Waals surface area contributed by atoms with Gasteiger partial charge >= 0.3 is 6.18 Å². The second-order valence-corrected chi connectivity index (χ2v) is 14.3. The van der Waals surface area contributed by atoms with Crippen molar-refractivity contribution in [1.82, 2.24) is 11.0 Å². The summed E-state index contributed by atoms with van der Waals surface area (Å²) in [6.45, 7) is 2.75. The van der Waals surface area contributed by atoms with Gasteiger partial charge < -0.3 is 9.80 Å². The zero-order valence-electron chi connectivity index (χ0n) is 31.0. The number of carbonyl (C=O) groups is 2. The van der Waals surface area contributed by atoms with Gasteiger partial charge in [0.1, 0.15) is 0 Å². The summed E-state index contributed by atoms with van der Waals surface area (Å²) in [5.41, 5.74) is 10.1. The Morgan fingerprint density at radius 2 is 0.857 bits per heavy atom. The molecule has 56 heavy (non-hydrogen) atoms. The number of alkyl halides is 3. The van der Waals surface area contributed by atoms with Crippen molar-refractivity contribution in [1.29, 1.82) is 0 Å². The van der Waals surface area contributed by atoms with E-state index in [4.69, 9.17) is 5.21 Å². The Hall–Kier alpha value is -5.65. The molecule has 2 amide bonds. The Morgan fingerprint density at radius 3 is 1.21 bits per heavy atom. The molecule has 5 aromatic rings. The van der Waals surface area contributed by atoms with Gasteiger partial charge in [-0.05, 0) is 83.7 Å². The van der Waals surface area contributed by atoms with Gasteiger partial charge in [-0.15, -0.1) is 0 Å². The number of amides is 2. The van der Waals surface area contributed by atoms with Crippen LogP contribution in [-0.4, -0.2) is 54.6 Å². The van der Waals surface area contributed by atoms with Crippen molar-refractivity contribution in [3.8, 4) is 0 Å². The third-order valence-corrected chi connectivity index (χ3v) is 10.9. The van der Waals surface area contributed by atoms with Crippen LogP contribution in [0.5, 0.6) is 0 Å². The summed E-state index contributed by atoms with van der Waals surface area (Å²) in [5.74, 6) is -2.76. The molecular formula is C45H47F3N4O4. The standard InChI is InChI=1S/C25H26N2O2.C20H21F3N2O2/c28-25(26-29)24(21-9-5-2-6-10-21)22-11-13-23(14-12-22)27-17-15-20(16-18-27)19-7-3-1-4-8-19;21-20(22,23)16-10-12-25(13-11-16)17-8-6-15(7-9-17)18(19(26)24-27)14-4-2-1-3-5-14/h1-14,20,24,29H,15-18H2,(H,26,28);1-9,16,18,27H,10-13H2,(H,24,26). The highest BCUT2D eigenvalue weighted by molar-refractivity contribution is 5.87. The molecule has 7 rings (SSSR count). The summed E-state index contributed by atoms with van der Waals surface area (Å²) in [4.78, 5) is 28.8. The van der Waals surface area contributed by atoms with Crippen molar-refractivity contribution in [2.24, 2.45) is 5.92 Å². The summed E-state index contributed by atoms with van der Waals surface area (Å²) in [6.07, 6.45) is -1.66. The van der Waals surface area contributed by atoms with Gasteiger partial charge in [-0.1, -0.05) is 115 Å². The Balaban J connectivity index is 0.000000190. The zero-order valence-corrected chi connectivity index (χ0v) is 31.0. The number of hydroxylamine groups is 2. The van der Waals surface area contributed by atoms with E-state index in [1.807, 2.05) is 83.2 Å². The highest BCUT2D eigenvalue weighted by Gasteiger charge is 2.41. The molecule has 4 N–H and O–H groups in total. The van der Waals surface area contributed by atoms with Crippen LogP contribution < -0.4 is 20.8 Å². The van der Waals surface area contributed by atoms with E-state index in [0.717, 1.165) is 48.3 Å². The molecule has 2 heterocycles. The van der Waals surface area contributed by atoms with Crippen molar-refractivity contribution >= 4 is 23.2 Å². The zero-order chi connectivity index (χ0) is 39.5. The molecule has 2 aliphatic rings. The fraction of sp³-hybridized carbons (Fsp3) is 0.289. The molecule has 2 saturated heterocycles. The van der Waals surface area contributed by atoms with Gasteiger partial charge in [0.25, 0.3) is 11.8 Å². The summed E-state index contributed by atoms with van der Waals surface area (Å²) < 4.78 is 38.4. The minimum atomic E-state index is -4.13. The number of anilines is 2. The van der Waals surface area contributed by atoms with Crippen LogP contribution in [-0.2, 0) is 9.59 Å². The lowest BCUT2D eigenvalue weighted by Crippen LogP contribution is -2.39. The lowest BCUT2D eigenvalue weighted by molar-refractivity contribution is -0.179. The van der Waals surface area contributed by atoms with E-state index in [1.54, 1.807) is 29.7 Å². The second-order valence-electron chi connectivity index (χ2n) is 14.3. The molecule has 0 aliphatic carbocycles. The van der Waals surface area contributed by atoms with Crippen LogP contribution >= 0.6 is 0 Å². The molecule has 11 heteroatoms. The summed E-state index contributed by atoms with van der Waals surface area (Å²) in [7, 11) is 0. The number of hydrogen-bond acceptors (Lipinski definition) is 6. The van der Waals surface area contributed by atoms with Crippen LogP contribution in [0.3, 0.4) is 0 Å². The second kappa shape index (κ2) is 18.8. The maximum atomic E-state index is 12.8. The summed E-state index contributed by atoms with van der Waals surface area (Å²) in [5, 5.41) is 18.3. The highest BCUT2D eigenvalue weighted by atomic mass is 19.4. The van der Waals surface area contributed by atoms with E-state index in [0.29, 0.717) is 24.6 Å². The van der Waals surface area contributed by atoms with Crippen molar-refractivity contribution in [2.75, 3.05) is 36.0 Å². The van der Waals surface area contributed by atoms with Crippen molar-refractivity contribution in [3.05, 3.63) is 167 Å². The molecule has 292 valence electrons. The maximum Gasteiger partial charge on any atom is 0.391 e. The summed E-state index contributed by atoms with van der Waals surface area (Å²) >= 11 is 0. The van der Waals surface area contributed by atoms with E-state index in [2.05, 4.69) is 47.4 Å². The monoisotopic (exact) mass is 764 g/mol. The van der Waals surface area contributed by atoms with Crippen LogP contribution in [0.4, 0.5) is 24.5 Å².